The van der Waals surface area contributed by atoms with E-state index in [4.69, 9.17) is 17.3 Å². The van der Waals surface area contributed by atoms with Gasteiger partial charge in [-0.2, -0.15) is 4.31 Å². The highest BCUT2D eigenvalue weighted by Crippen LogP contribution is 2.46. The number of carbonyl (C=O) groups is 2. The number of rotatable bonds is 5. The fourth-order valence-electron chi connectivity index (χ4n) is 4.56. The Balaban J connectivity index is 1.81. The molecule has 166 valence electrons. The minimum Gasteiger partial charge on any atom is -0.369 e. The SMILES string of the molecule is CS(=O)(=O)N1CCCC(C(N)=O)C1c1sc2c(c1C(=O)Nc1ccc(Cl)cc1)CCC2. The van der Waals surface area contributed by atoms with E-state index in [9.17, 15) is 18.0 Å². The Kier molecular flexibility index (Phi) is 6.13. The number of halogens is 1. The van der Waals surface area contributed by atoms with Gasteiger partial charge in [0.2, 0.25) is 15.9 Å². The summed E-state index contributed by atoms with van der Waals surface area (Å²) in [5.41, 5.74) is 7.72. The van der Waals surface area contributed by atoms with Crippen molar-refractivity contribution in [2.24, 2.45) is 11.7 Å². The molecule has 0 saturated carbocycles. The summed E-state index contributed by atoms with van der Waals surface area (Å²) >= 11 is 7.38. The fraction of sp³-hybridized carbons (Fsp3) is 0.429. The molecule has 31 heavy (non-hydrogen) atoms. The molecule has 2 aliphatic rings. The van der Waals surface area contributed by atoms with Gasteiger partial charge in [0.05, 0.1) is 23.8 Å². The van der Waals surface area contributed by atoms with Crippen molar-refractivity contribution >= 4 is 50.5 Å². The number of nitrogens with one attached hydrogen (secondary N) is 1. The average molecular weight is 482 g/mol. The third-order valence-corrected chi connectivity index (χ3v) is 8.80. The number of nitrogens with zero attached hydrogens (tertiary/aromatic N) is 1. The van der Waals surface area contributed by atoms with Crippen LogP contribution in [0.1, 0.15) is 51.0 Å². The Hall–Kier alpha value is -1.94. The number of hydrogen-bond donors (Lipinski definition) is 2. The number of piperidine rings is 1. The predicted octanol–water partition coefficient (Wildman–Crippen LogP) is 3.34. The zero-order chi connectivity index (χ0) is 22.3. The second-order valence-corrected chi connectivity index (χ2v) is 11.5. The van der Waals surface area contributed by atoms with E-state index < -0.39 is 27.9 Å². The highest BCUT2D eigenvalue weighted by atomic mass is 35.5. The minimum atomic E-state index is -3.60. The van der Waals surface area contributed by atoms with E-state index in [0.29, 0.717) is 40.5 Å². The molecule has 0 spiro atoms. The molecule has 4 rings (SSSR count). The molecule has 1 aromatic heterocycles. The number of primary amides is 1. The van der Waals surface area contributed by atoms with E-state index in [-0.39, 0.29) is 5.91 Å². The first-order chi connectivity index (χ1) is 14.7. The number of benzene rings is 1. The Morgan fingerprint density at radius 2 is 1.90 bits per heavy atom. The molecule has 2 atom stereocenters. The third-order valence-electron chi connectivity index (χ3n) is 5.92. The number of nitrogens with two attached hydrogens (primary N) is 1. The van der Waals surface area contributed by atoms with Crippen LogP contribution in [0.15, 0.2) is 24.3 Å². The lowest BCUT2D eigenvalue weighted by molar-refractivity contribution is -0.124. The van der Waals surface area contributed by atoms with Crippen LogP contribution < -0.4 is 11.1 Å². The Bertz CT molecular complexity index is 1130. The molecule has 1 fully saturated rings. The van der Waals surface area contributed by atoms with Crippen LogP contribution in [0.3, 0.4) is 0 Å². The molecule has 1 aliphatic carbocycles. The highest BCUT2D eigenvalue weighted by molar-refractivity contribution is 7.88. The van der Waals surface area contributed by atoms with Crippen molar-refractivity contribution in [3.63, 3.8) is 0 Å². The molecule has 1 aliphatic heterocycles. The molecule has 2 aromatic rings. The Labute approximate surface area is 190 Å². The number of aryl methyl sites for hydroxylation is 1. The fourth-order valence-corrected chi connectivity index (χ4v) is 7.45. The van der Waals surface area contributed by atoms with Gasteiger partial charge in [-0.25, -0.2) is 8.42 Å². The minimum absolute atomic E-state index is 0.300. The van der Waals surface area contributed by atoms with Gasteiger partial charge in [0.1, 0.15) is 0 Å². The molecule has 2 unspecified atom stereocenters. The normalized spacial score (nSPS) is 21.6. The first kappa shape index (κ1) is 22.3. The van der Waals surface area contributed by atoms with Crippen molar-refractivity contribution in [2.75, 3.05) is 18.1 Å². The van der Waals surface area contributed by atoms with E-state index in [1.807, 2.05) is 0 Å². The van der Waals surface area contributed by atoms with Gasteiger partial charge in [0.15, 0.2) is 0 Å². The van der Waals surface area contributed by atoms with Crippen molar-refractivity contribution in [3.05, 3.63) is 50.2 Å². The highest BCUT2D eigenvalue weighted by Gasteiger charge is 2.44. The number of thiophene rings is 1. The van der Waals surface area contributed by atoms with Crippen molar-refractivity contribution in [2.45, 2.75) is 38.1 Å². The van der Waals surface area contributed by atoms with Crippen LogP contribution in [0.2, 0.25) is 5.02 Å². The van der Waals surface area contributed by atoms with Gasteiger partial charge in [-0.15, -0.1) is 11.3 Å². The molecule has 10 heteroatoms. The van der Waals surface area contributed by atoms with Crippen LogP contribution in [-0.4, -0.2) is 37.3 Å². The summed E-state index contributed by atoms with van der Waals surface area (Å²) in [4.78, 5) is 27.4. The number of fused-ring (bicyclic) bond motifs is 1. The van der Waals surface area contributed by atoms with E-state index in [1.165, 1.54) is 15.6 Å². The Morgan fingerprint density at radius 3 is 2.55 bits per heavy atom. The van der Waals surface area contributed by atoms with Crippen molar-refractivity contribution in [1.29, 1.82) is 0 Å². The van der Waals surface area contributed by atoms with Gasteiger partial charge in [0.25, 0.3) is 5.91 Å². The molecular formula is C21H24ClN3O4S2. The first-order valence-corrected chi connectivity index (χ1v) is 13.2. The van der Waals surface area contributed by atoms with E-state index in [1.54, 1.807) is 24.3 Å². The number of carbonyl (C=O) groups excluding carboxylic acids is 2. The molecular weight excluding hydrogens is 458 g/mol. The zero-order valence-corrected chi connectivity index (χ0v) is 19.4. The molecule has 1 aromatic carbocycles. The Morgan fingerprint density at radius 1 is 1.19 bits per heavy atom. The zero-order valence-electron chi connectivity index (χ0n) is 17.1. The summed E-state index contributed by atoms with van der Waals surface area (Å²) in [5, 5.41) is 3.46. The lowest BCUT2D eigenvalue weighted by atomic mass is 9.87. The van der Waals surface area contributed by atoms with Crippen molar-refractivity contribution < 1.29 is 18.0 Å². The quantitative estimate of drug-likeness (QED) is 0.682. The maximum Gasteiger partial charge on any atom is 0.257 e. The summed E-state index contributed by atoms with van der Waals surface area (Å²) in [7, 11) is -3.60. The summed E-state index contributed by atoms with van der Waals surface area (Å²) in [6.07, 6.45) is 4.72. The van der Waals surface area contributed by atoms with Gasteiger partial charge in [-0.05, 0) is 61.9 Å². The maximum atomic E-state index is 13.4. The van der Waals surface area contributed by atoms with E-state index >= 15 is 0 Å². The molecule has 1 saturated heterocycles. The molecule has 7 nitrogen and oxygen atoms in total. The number of amides is 2. The molecule has 0 bridgehead atoms. The van der Waals surface area contributed by atoms with Crippen molar-refractivity contribution in [3.8, 4) is 0 Å². The summed E-state index contributed by atoms with van der Waals surface area (Å²) in [6.45, 7) is 0.300. The lowest BCUT2D eigenvalue weighted by Gasteiger charge is -2.38. The number of sulfonamides is 1. The number of anilines is 1. The van der Waals surface area contributed by atoms with Crippen LogP contribution in [0, 0.1) is 5.92 Å². The van der Waals surface area contributed by atoms with Gasteiger partial charge in [-0.3, -0.25) is 9.59 Å². The van der Waals surface area contributed by atoms with Crippen LogP contribution in [0.4, 0.5) is 5.69 Å². The summed E-state index contributed by atoms with van der Waals surface area (Å²) < 4.78 is 26.5. The predicted molar refractivity (Wildman–Crippen MR) is 122 cm³/mol. The average Bonchev–Trinajstić information content (AvgIpc) is 3.29. The van der Waals surface area contributed by atoms with Gasteiger partial charge in [0, 0.05) is 27.0 Å². The van der Waals surface area contributed by atoms with Gasteiger partial charge in [-0.1, -0.05) is 11.6 Å². The second-order valence-electron chi connectivity index (χ2n) is 8.03. The molecule has 2 heterocycles. The third kappa shape index (κ3) is 4.37. The molecule has 3 N–H and O–H groups in total. The summed E-state index contributed by atoms with van der Waals surface area (Å²) in [5.74, 6) is -1.53. The largest absolute Gasteiger partial charge is 0.369 e. The summed E-state index contributed by atoms with van der Waals surface area (Å²) in [6, 6.07) is 6.03. The topological polar surface area (TPSA) is 110 Å². The van der Waals surface area contributed by atoms with Gasteiger partial charge >= 0.3 is 0 Å². The van der Waals surface area contributed by atoms with Crippen LogP contribution in [-0.2, 0) is 27.7 Å². The second kappa shape index (κ2) is 8.54. The smallest absolute Gasteiger partial charge is 0.257 e. The van der Waals surface area contributed by atoms with Crippen LogP contribution in [0.5, 0.6) is 0 Å². The van der Waals surface area contributed by atoms with E-state index in [2.05, 4.69) is 5.32 Å². The lowest BCUT2D eigenvalue weighted by Crippen LogP contribution is -2.46. The van der Waals surface area contributed by atoms with E-state index in [0.717, 1.165) is 36.0 Å². The number of hydrogen-bond acceptors (Lipinski definition) is 5. The first-order valence-electron chi connectivity index (χ1n) is 10.1. The van der Waals surface area contributed by atoms with Gasteiger partial charge < -0.3 is 11.1 Å². The van der Waals surface area contributed by atoms with Crippen LogP contribution in [0.25, 0.3) is 0 Å². The monoisotopic (exact) mass is 481 g/mol. The molecule has 2 amide bonds. The maximum absolute atomic E-state index is 13.4. The van der Waals surface area contributed by atoms with Crippen molar-refractivity contribution in [1.82, 2.24) is 4.31 Å². The standard InChI is InChI=1S/C21H24ClN3O4S2/c1-31(28,29)25-11-3-5-15(20(23)26)18(25)19-17(14-4-2-6-16(14)30-19)21(27)24-13-9-7-12(22)8-10-13/h7-10,15,18H,2-6,11H2,1H3,(H2,23,26)(H,24,27). The van der Waals surface area contributed by atoms with Crippen LogP contribution >= 0.6 is 22.9 Å². The molecule has 0 radical (unpaired) electrons.